The van der Waals surface area contributed by atoms with Crippen LogP contribution in [-0.2, 0) is 0 Å². The van der Waals surface area contributed by atoms with E-state index in [4.69, 9.17) is 4.74 Å². The molecule has 0 fully saturated rings. The van der Waals surface area contributed by atoms with Crippen LogP contribution in [0.3, 0.4) is 0 Å². The average Bonchev–Trinajstić information content (AvgIpc) is 2.52. The third-order valence-corrected chi connectivity index (χ3v) is 3.37. The maximum Gasteiger partial charge on any atom is 0.203 e. The molecule has 3 nitrogen and oxygen atoms in total. The van der Waals surface area contributed by atoms with E-state index in [1.807, 2.05) is 30.3 Å². The van der Waals surface area contributed by atoms with Gasteiger partial charge in [0.2, 0.25) is 5.78 Å². The molecule has 0 amide bonds. The first-order valence-electron chi connectivity index (χ1n) is 6.20. The van der Waals surface area contributed by atoms with Crippen LogP contribution in [0.25, 0.3) is 6.08 Å². The molecule has 0 bridgehead atoms. The van der Waals surface area contributed by atoms with Crippen molar-refractivity contribution in [3.63, 3.8) is 0 Å². The summed E-state index contributed by atoms with van der Waals surface area (Å²) in [5, 5.41) is 9.21. The highest BCUT2D eigenvalue weighted by Crippen LogP contribution is 2.18. The number of methoxy groups -OCH3 is 1. The van der Waals surface area contributed by atoms with E-state index in [9.17, 15) is 10.1 Å². The number of halogens is 1. The van der Waals surface area contributed by atoms with Crippen LogP contribution in [0.1, 0.15) is 15.9 Å². The summed E-state index contributed by atoms with van der Waals surface area (Å²) >= 11 is 3.36. The van der Waals surface area contributed by atoms with Crippen LogP contribution in [0.4, 0.5) is 0 Å². The standard InChI is InChI=1S/C17H12BrNO2/c1-21-16-7-5-13(6-8-16)17(20)14(11-19)9-12-3-2-4-15(18)10-12/h2-10H,1H3. The summed E-state index contributed by atoms with van der Waals surface area (Å²) in [4.78, 5) is 12.3. The third-order valence-electron chi connectivity index (χ3n) is 2.88. The molecule has 2 rings (SSSR count). The Balaban J connectivity index is 2.32. The number of benzene rings is 2. The van der Waals surface area contributed by atoms with Crippen molar-refractivity contribution >= 4 is 27.8 Å². The lowest BCUT2D eigenvalue weighted by molar-refractivity contribution is 0.104. The van der Waals surface area contributed by atoms with Crippen molar-refractivity contribution < 1.29 is 9.53 Å². The average molecular weight is 342 g/mol. The third kappa shape index (κ3) is 3.80. The first kappa shape index (κ1) is 15.0. The van der Waals surface area contributed by atoms with Crippen molar-refractivity contribution in [3.8, 4) is 11.8 Å². The van der Waals surface area contributed by atoms with Crippen molar-refractivity contribution in [1.82, 2.24) is 0 Å². The molecule has 0 unspecified atom stereocenters. The number of ketones is 1. The Morgan fingerprint density at radius 2 is 1.95 bits per heavy atom. The van der Waals surface area contributed by atoms with Gasteiger partial charge < -0.3 is 4.74 Å². The minimum absolute atomic E-state index is 0.0956. The molecule has 2 aromatic carbocycles. The molecule has 0 heterocycles. The topological polar surface area (TPSA) is 50.1 Å². The molecule has 0 radical (unpaired) electrons. The predicted molar refractivity (Wildman–Crippen MR) is 85.1 cm³/mol. The fraction of sp³-hybridized carbons (Fsp3) is 0.0588. The van der Waals surface area contributed by atoms with Gasteiger partial charge in [0.15, 0.2) is 0 Å². The normalized spacial score (nSPS) is 10.8. The van der Waals surface area contributed by atoms with Gasteiger partial charge in [0, 0.05) is 10.0 Å². The second-order valence-corrected chi connectivity index (χ2v) is 5.20. The van der Waals surface area contributed by atoms with E-state index < -0.39 is 0 Å². The lowest BCUT2D eigenvalue weighted by Crippen LogP contribution is -2.01. The predicted octanol–water partition coefficient (Wildman–Crippen LogP) is 4.25. The first-order chi connectivity index (χ1) is 10.1. The monoisotopic (exact) mass is 341 g/mol. The Morgan fingerprint density at radius 1 is 1.24 bits per heavy atom. The van der Waals surface area contributed by atoms with Gasteiger partial charge in [-0.15, -0.1) is 0 Å². The highest BCUT2D eigenvalue weighted by Gasteiger charge is 2.12. The van der Waals surface area contributed by atoms with Crippen LogP contribution in [0, 0.1) is 11.3 Å². The van der Waals surface area contributed by atoms with Crippen LogP contribution in [0.15, 0.2) is 58.6 Å². The molecule has 2 aromatic rings. The maximum atomic E-state index is 12.3. The van der Waals surface area contributed by atoms with Gasteiger partial charge in [-0.1, -0.05) is 28.1 Å². The Bertz CT molecular complexity index is 727. The SMILES string of the molecule is COc1ccc(C(=O)C(C#N)=Cc2cccc(Br)c2)cc1. The van der Waals surface area contributed by atoms with Crippen molar-refractivity contribution in [2.75, 3.05) is 7.11 Å². The summed E-state index contributed by atoms with van der Waals surface area (Å²) < 4.78 is 5.94. The van der Waals surface area contributed by atoms with Crippen molar-refractivity contribution in [2.24, 2.45) is 0 Å². The summed E-state index contributed by atoms with van der Waals surface area (Å²) in [6.07, 6.45) is 1.58. The molecule has 4 heteroatoms. The molecular formula is C17H12BrNO2. The fourth-order valence-electron chi connectivity index (χ4n) is 1.81. The van der Waals surface area contributed by atoms with E-state index in [0.29, 0.717) is 11.3 Å². The summed E-state index contributed by atoms with van der Waals surface area (Å²) in [6, 6.07) is 16.1. The zero-order valence-corrected chi connectivity index (χ0v) is 12.9. The van der Waals surface area contributed by atoms with E-state index in [1.54, 1.807) is 37.5 Å². The highest BCUT2D eigenvalue weighted by atomic mass is 79.9. The number of ether oxygens (including phenoxy) is 1. The number of Topliss-reactive ketones (excluding diaryl/α,β-unsaturated/α-hetero) is 1. The van der Waals surface area contributed by atoms with Crippen LogP contribution in [0.2, 0.25) is 0 Å². The van der Waals surface area contributed by atoms with Crippen LogP contribution < -0.4 is 4.74 Å². The molecule has 0 aliphatic rings. The van der Waals surface area contributed by atoms with Crippen LogP contribution >= 0.6 is 15.9 Å². The van der Waals surface area contributed by atoms with Crippen LogP contribution in [-0.4, -0.2) is 12.9 Å². The molecule has 0 saturated heterocycles. The maximum absolute atomic E-state index is 12.3. The molecule has 104 valence electrons. The minimum Gasteiger partial charge on any atom is -0.497 e. The van der Waals surface area contributed by atoms with E-state index in [0.717, 1.165) is 10.0 Å². The molecule has 0 N–H and O–H groups in total. The van der Waals surface area contributed by atoms with Crippen molar-refractivity contribution in [3.05, 3.63) is 69.7 Å². The quantitative estimate of drug-likeness (QED) is 0.474. The van der Waals surface area contributed by atoms with E-state index >= 15 is 0 Å². The molecular weight excluding hydrogens is 330 g/mol. The second-order valence-electron chi connectivity index (χ2n) is 4.28. The number of carbonyl (C=O) groups excluding carboxylic acids is 1. The summed E-state index contributed by atoms with van der Waals surface area (Å²) in [7, 11) is 1.56. The molecule has 0 aliphatic carbocycles. The second kappa shape index (κ2) is 6.87. The number of rotatable bonds is 4. The molecule has 21 heavy (non-hydrogen) atoms. The Kier molecular flexibility index (Phi) is 4.91. The number of allylic oxidation sites excluding steroid dienone is 1. The molecule has 0 saturated carbocycles. The smallest absolute Gasteiger partial charge is 0.203 e. The molecule has 0 atom stereocenters. The zero-order valence-electron chi connectivity index (χ0n) is 11.3. The van der Waals surface area contributed by atoms with Crippen molar-refractivity contribution in [1.29, 1.82) is 5.26 Å². The summed E-state index contributed by atoms with van der Waals surface area (Å²) in [5.41, 5.74) is 1.35. The van der Waals surface area contributed by atoms with E-state index in [2.05, 4.69) is 15.9 Å². The number of carbonyl (C=O) groups is 1. The fourth-order valence-corrected chi connectivity index (χ4v) is 2.23. The molecule has 0 aromatic heterocycles. The Hall–Kier alpha value is -2.38. The van der Waals surface area contributed by atoms with Gasteiger partial charge in [0.05, 0.1) is 7.11 Å². The molecule has 0 aliphatic heterocycles. The Morgan fingerprint density at radius 3 is 2.52 bits per heavy atom. The first-order valence-corrected chi connectivity index (χ1v) is 6.99. The van der Waals surface area contributed by atoms with E-state index in [-0.39, 0.29) is 11.4 Å². The number of hydrogen-bond acceptors (Lipinski definition) is 3. The number of nitrogens with zero attached hydrogens (tertiary/aromatic N) is 1. The number of hydrogen-bond donors (Lipinski definition) is 0. The Labute approximate surface area is 131 Å². The van der Waals surface area contributed by atoms with Gasteiger partial charge in [0.1, 0.15) is 17.4 Å². The van der Waals surface area contributed by atoms with Gasteiger partial charge in [-0.05, 0) is 48.0 Å². The lowest BCUT2D eigenvalue weighted by atomic mass is 10.0. The van der Waals surface area contributed by atoms with Crippen molar-refractivity contribution in [2.45, 2.75) is 0 Å². The summed E-state index contributed by atoms with van der Waals surface area (Å²) in [5.74, 6) is 0.362. The van der Waals surface area contributed by atoms with Gasteiger partial charge in [-0.3, -0.25) is 4.79 Å². The van der Waals surface area contributed by atoms with Gasteiger partial charge >= 0.3 is 0 Å². The van der Waals surface area contributed by atoms with Crippen LogP contribution in [0.5, 0.6) is 5.75 Å². The van der Waals surface area contributed by atoms with Gasteiger partial charge in [0.25, 0.3) is 0 Å². The minimum atomic E-state index is -0.305. The zero-order chi connectivity index (χ0) is 15.2. The lowest BCUT2D eigenvalue weighted by Gasteiger charge is -2.02. The highest BCUT2D eigenvalue weighted by molar-refractivity contribution is 9.10. The van der Waals surface area contributed by atoms with Gasteiger partial charge in [-0.2, -0.15) is 5.26 Å². The molecule has 0 spiro atoms. The largest absolute Gasteiger partial charge is 0.497 e. The number of nitriles is 1. The van der Waals surface area contributed by atoms with Gasteiger partial charge in [-0.25, -0.2) is 0 Å². The summed E-state index contributed by atoms with van der Waals surface area (Å²) in [6.45, 7) is 0. The van der Waals surface area contributed by atoms with E-state index in [1.165, 1.54) is 0 Å².